The molecular weight excluding hydrogens is 278 g/mol. The van der Waals surface area contributed by atoms with Gasteiger partial charge < -0.3 is 4.74 Å². The van der Waals surface area contributed by atoms with Crippen LogP contribution in [0, 0.1) is 10.1 Å². The molecule has 1 heterocycles. The molecule has 20 heavy (non-hydrogen) atoms. The predicted octanol–water partition coefficient (Wildman–Crippen LogP) is 3.75. The van der Waals surface area contributed by atoms with E-state index in [1.165, 1.54) is 35.6 Å². The third kappa shape index (κ3) is 2.55. The Balaban J connectivity index is 1.80. The average molecular weight is 289 g/mol. The van der Waals surface area contributed by atoms with Crippen LogP contribution < -0.4 is 4.74 Å². The number of hydrogen-bond donors (Lipinski definition) is 0. The van der Waals surface area contributed by atoms with Gasteiger partial charge in [-0.15, -0.1) is 11.3 Å². The van der Waals surface area contributed by atoms with Crippen molar-refractivity contribution in [3.8, 4) is 5.75 Å². The van der Waals surface area contributed by atoms with Crippen LogP contribution in [-0.2, 0) is 0 Å². The van der Waals surface area contributed by atoms with Crippen molar-refractivity contribution in [2.24, 2.45) is 0 Å². The highest BCUT2D eigenvalue weighted by molar-refractivity contribution is 7.12. The minimum absolute atomic E-state index is 0.0936. The first-order chi connectivity index (χ1) is 9.65. The third-order valence-electron chi connectivity index (χ3n) is 3.14. The summed E-state index contributed by atoms with van der Waals surface area (Å²) in [6.45, 7) is 0. The summed E-state index contributed by atoms with van der Waals surface area (Å²) in [6.07, 6.45) is 2.21. The minimum Gasteiger partial charge on any atom is -0.422 e. The number of esters is 1. The normalized spacial score (nSPS) is 14.0. The van der Waals surface area contributed by atoms with Crippen molar-refractivity contribution in [2.45, 2.75) is 18.8 Å². The highest BCUT2D eigenvalue weighted by Gasteiger charge is 2.29. The summed E-state index contributed by atoms with van der Waals surface area (Å²) in [5, 5.41) is 12.6. The van der Waals surface area contributed by atoms with Crippen molar-refractivity contribution in [3.63, 3.8) is 0 Å². The lowest BCUT2D eigenvalue weighted by Crippen LogP contribution is -2.08. The van der Waals surface area contributed by atoms with Crippen LogP contribution in [0.2, 0.25) is 0 Å². The molecule has 3 rings (SSSR count). The van der Waals surface area contributed by atoms with E-state index in [0.29, 0.717) is 10.8 Å². The molecule has 1 fully saturated rings. The van der Waals surface area contributed by atoms with Gasteiger partial charge in [0.15, 0.2) is 0 Å². The van der Waals surface area contributed by atoms with Crippen molar-refractivity contribution in [3.05, 3.63) is 56.3 Å². The minimum atomic E-state index is -0.516. The van der Waals surface area contributed by atoms with Gasteiger partial charge in [0.2, 0.25) is 0 Å². The van der Waals surface area contributed by atoms with Gasteiger partial charge in [0, 0.05) is 6.07 Å². The maximum Gasteiger partial charge on any atom is 0.353 e. The highest BCUT2D eigenvalue weighted by Crippen LogP contribution is 2.43. The van der Waals surface area contributed by atoms with Gasteiger partial charge in [0.05, 0.1) is 11.0 Å². The van der Waals surface area contributed by atoms with E-state index in [1.807, 2.05) is 11.4 Å². The van der Waals surface area contributed by atoms with E-state index in [-0.39, 0.29) is 11.4 Å². The molecular formula is C14H11NO4S. The summed E-state index contributed by atoms with van der Waals surface area (Å²) >= 11 is 1.35. The first-order valence-corrected chi connectivity index (χ1v) is 7.07. The molecule has 0 radical (unpaired) electrons. The van der Waals surface area contributed by atoms with Gasteiger partial charge in [-0.25, -0.2) is 4.79 Å². The number of thiophene rings is 1. The molecule has 0 N–H and O–H groups in total. The van der Waals surface area contributed by atoms with Crippen LogP contribution in [0.3, 0.4) is 0 Å². The molecule has 0 unspecified atom stereocenters. The Labute approximate surface area is 119 Å². The zero-order chi connectivity index (χ0) is 14.1. The molecule has 0 saturated heterocycles. The summed E-state index contributed by atoms with van der Waals surface area (Å²) < 4.78 is 5.24. The van der Waals surface area contributed by atoms with Crippen LogP contribution in [0.15, 0.2) is 35.7 Å². The number of nitro benzene ring substituents is 1. The van der Waals surface area contributed by atoms with Crippen LogP contribution in [0.25, 0.3) is 0 Å². The lowest BCUT2D eigenvalue weighted by Gasteiger charge is -2.04. The molecule has 0 bridgehead atoms. The predicted molar refractivity (Wildman–Crippen MR) is 74.3 cm³/mol. The lowest BCUT2D eigenvalue weighted by molar-refractivity contribution is -0.384. The molecule has 102 valence electrons. The summed E-state index contributed by atoms with van der Waals surface area (Å²) in [7, 11) is 0. The number of carbonyl (C=O) groups excluding carboxylic acids is 1. The van der Waals surface area contributed by atoms with Gasteiger partial charge in [-0.3, -0.25) is 10.1 Å². The van der Waals surface area contributed by atoms with Crippen LogP contribution in [0.5, 0.6) is 5.75 Å². The van der Waals surface area contributed by atoms with Crippen LogP contribution >= 0.6 is 11.3 Å². The molecule has 1 aromatic carbocycles. The standard InChI is InChI=1S/C14H11NO4S/c16-14(13-12(6-7-20-13)9-4-5-9)19-11-3-1-2-10(8-11)15(17)18/h1-3,6-9H,4-5H2. The first kappa shape index (κ1) is 12.8. The third-order valence-corrected chi connectivity index (χ3v) is 4.05. The zero-order valence-electron chi connectivity index (χ0n) is 10.4. The van der Waals surface area contributed by atoms with Crippen LogP contribution in [0.1, 0.15) is 34.0 Å². The average Bonchev–Trinajstić information content (AvgIpc) is 3.16. The number of ether oxygens (including phenoxy) is 1. The molecule has 0 atom stereocenters. The lowest BCUT2D eigenvalue weighted by atomic mass is 10.2. The summed E-state index contributed by atoms with van der Waals surface area (Å²) in [5.74, 6) is 0.218. The fourth-order valence-electron chi connectivity index (χ4n) is 2.01. The maximum atomic E-state index is 12.1. The van der Waals surface area contributed by atoms with Crippen molar-refractivity contribution in [1.29, 1.82) is 0 Å². The second kappa shape index (κ2) is 5.05. The Kier molecular flexibility index (Phi) is 3.23. The number of nitro groups is 1. The molecule has 0 aliphatic heterocycles. The van der Waals surface area contributed by atoms with E-state index in [0.717, 1.165) is 18.4 Å². The Morgan fingerprint density at radius 3 is 2.85 bits per heavy atom. The molecule has 1 aliphatic carbocycles. The molecule has 0 spiro atoms. The maximum absolute atomic E-state index is 12.1. The molecule has 5 nitrogen and oxygen atoms in total. The quantitative estimate of drug-likeness (QED) is 0.372. The molecule has 1 aliphatic rings. The fraction of sp³-hybridized carbons (Fsp3) is 0.214. The highest BCUT2D eigenvalue weighted by atomic mass is 32.1. The molecule has 1 saturated carbocycles. The van der Waals surface area contributed by atoms with E-state index in [9.17, 15) is 14.9 Å². The van der Waals surface area contributed by atoms with Gasteiger partial charge in [-0.1, -0.05) is 6.07 Å². The Morgan fingerprint density at radius 1 is 1.35 bits per heavy atom. The van der Waals surface area contributed by atoms with E-state index >= 15 is 0 Å². The van der Waals surface area contributed by atoms with E-state index in [1.54, 1.807) is 0 Å². The van der Waals surface area contributed by atoms with Gasteiger partial charge >= 0.3 is 5.97 Å². The fourth-order valence-corrected chi connectivity index (χ4v) is 2.87. The largest absolute Gasteiger partial charge is 0.422 e. The number of carbonyl (C=O) groups is 1. The number of benzene rings is 1. The van der Waals surface area contributed by atoms with E-state index in [4.69, 9.17) is 4.74 Å². The van der Waals surface area contributed by atoms with Gasteiger partial charge in [-0.05, 0) is 41.8 Å². The Morgan fingerprint density at radius 2 is 2.15 bits per heavy atom. The van der Waals surface area contributed by atoms with Crippen LogP contribution in [-0.4, -0.2) is 10.9 Å². The van der Waals surface area contributed by atoms with Gasteiger partial charge in [-0.2, -0.15) is 0 Å². The van der Waals surface area contributed by atoms with Crippen molar-refractivity contribution < 1.29 is 14.5 Å². The summed E-state index contributed by atoms with van der Waals surface area (Å²) in [4.78, 5) is 22.9. The number of hydrogen-bond acceptors (Lipinski definition) is 5. The van der Waals surface area contributed by atoms with Gasteiger partial charge in [0.25, 0.3) is 5.69 Å². The molecule has 1 aromatic heterocycles. The number of rotatable bonds is 4. The smallest absolute Gasteiger partial charge is 0.353 e. The molecule has 2 aromatic rings. The first-order valence-electron chi connectivity index (χ1n) is 6.19. The number of non-ortho nitro benzene ring substituents is 1. The molecule has 6 heteroatoms. The molecule has 0 amide bonds. The van der Waals surface area contributed by atoms with Crippen molar-refractivity contribution in [1.82, 2.24) is 0 Å². The van der Waals surface area contributed by atoms with E-state index < -0.39 is 10.9 Å². The SMILES string of the molecule is O=C(Oc1cccc([N+](=O)[O-])c1)c1sccc1C1CC1. The van der Waals surface area contributed by atoms with E-state index in [2.05, 4.69) is 0 Å². The van der Waals surface area contributed by atoms with Crippen molar-refractivity contribution >= 4 is 23.0 Å². The Hall–Kier alpha value is -2.21. The second-order valence-electron chi connectivity index (χ2n) is 4.62. The van der Waals surface area contributed by atoms with Crippen LogP contribution in [0.4, 0.5) is 5.69 Å². The zero-order valence-corrected chi connectivity index (χ0v) is 11.3. The number of nitrogens with zero attached hydrogens (tertiary/aromatic N) is 1. The Bertz CT molecular complexity index is 675. The summed E-state index contributed by atoms with van der Waals surface area (Å²) in [5.41, 5.74) is 0.939. The second-order valence-corrected chi connectivity index (χ2v) is 5.54. The van der Waals surface area contributed by atoms with Gasteiger partial charge in [0.1, 0.15) is 10.6 Å². The monoisotopic (exact) mass is 289 g/mol. The topological polar surface area (TPSA) is 69.4 Å². The van der Waals surface area contributed by atoms with Crippen molar-refractivity contribution in [2.75, 3.05) is 0 Å². The summed E-state index contributed by atoms with van der Waals surface area (Å²) in [6, 6.07) is 7.60.